The van der Waals surface area contributed by atoms with Crippen molar-refractivity contribution in [1.29, 1.82) is 0 Å². The molecule has 1 N–H and O–H groups in total. The molecule has 0 aromatic carbocycles. The summed E-state index contributed by atoms with van der Waals surface area (Å²) in [6.45, 7) is 6.06. The summed E-state index contributed by atoms with van der Waals surface area (Å²) in [5, 5.41) is 9.04. The predicted molar refractivity (Wildman–Crippen MR) is 76.8 cm³/mol. The first-order valence-electron chi connectivity index (χ1n) is 7.20. The third-order valence-electron chi connectivity index (χ3n) is 3.32. The van der Waals surface area contributed by atoms with Crippen LogP contribution in [-0.4, -0.2) is 28.2 Å². The molecular weight excluding hydrogens is 256 g/mol. The fraction of sp³-hybridized carbons (Fsp3) is 0.667. The first kappa shape index (κ1) is 16.6. The summed E-state index contributed by atoms with van der Waals surface area (Å²) in [6.07, 6.45) is 3.12. The van der Waals surface area contributed by atoms with Crippen LogP contribution in [0.3, 0.4) is 0 Å². The maximum atomic E-state index is 11.0. The smallest absolute Gasteiger partial charge is 0.307 e. The Bertz CT molecular complexity index is 435. The molecule has 0 bridgehead atoms. The van der Waals surface area contributed by atoms with E-state index in [9.17, 15) is 4.79 Å². The van der Waals surface area contributed by atoms with E-state index in [1.54, 1.807) is 7.11 Å². The Morgan fingerprint density at radius 1 is 1.20 bits per heavy atom. The number of hydrogen-bond acceptors (Lipinski definition) is 4. The first-order chi connectivity index (χ1) is 9.57. The van der Waals surface area contributed by atoms with Crippen molar-refractivity contribution in [2.24, 2.45) is 0 Å². The Hall–Kier alpha value is -1.49. The van der Waals surface area contributed by atoms with Gasteiger partial charge in [0.15, 0.2) is 5.82 Å². The predicted octanol–water partition coefficient (Wildman–Crippen LogP) is 2.72. The summed E-state index contributed by atoms with van der Waals surface area (Å²) in [7, 11) is 1.66. The zero-order valence-corrected chi connectivity index (χ0v) is 12.8. The minimum absolute atomic E-state index is 0.0158. The molecule has 1 heterocycles. The van der Waals surface area contributed by atoms with Gasteiger partial charge < -0.3 is 9.84 Å². The third-order valence-corrected chi connectivity index (χ3v) is 3.32. The average molecular weight is 280 g/mol. The molecule has 1 atom stereocenters. The highest BCUT2D eigenvalue weighted by Crippen LogP contribution is 2.22. The second-order valence-corrected chi connectivity index (χ2v) is 4.74. The molecule has 0 aliphatic heterocycles. The van der Waals surface area contributed by atoms with Crippen LogP contribution in [0.2, 0.25) is 0 Å². The highest BCUT2D eigenvalue weighted by Gasteiger charge is 2.19. The fourth-order valence-electron chi connectivity index (χ4n) is 2.30. The first-order valence-corrected chi connectivity index (χ1v) is 7.20. The standard InChI is InChI=1S/C15H24N2O3/c1-5-8-13(20-4)15-16-11(6-2)10(9-14(18)19)12(7-3)17-15/h13H,5-9H2,1-4H3,(H,18,19). The number of nitrogens with zero attached hydrogens (tertiary/aromatic N) is 2. The number of carbonyl (C=O) groups is 1. The molecular formula is C15H24N2O3. The number of aliphatic carboxylic acids is 1. The lowest BCUT2D eigenvalue weighted by Gasteiger charge is -2.17. The van der Waals surface area contributed by atoms with Gasteiger partial charge in [-0.25, -0.2) is 9.97 Å². The summed E-state index contributed by atoms with van der Waals surface area (Å²) in [4.78, 5) is 20.1. The summed E-state index contributed by atoms with van der Waals surface area (Å²) in [5.41, 5.74) is 2.41. The maximum absolute atomic E-state index is 11.0. The summed E-state index contributed by atoms with van der Waals surface area (Å²) < 4.78 is 5.46. The average Bonchev–Trinajstić information content (AvgIpc) is 2.44. The van der Waals surface area contributed by atoms with Gasteiger partial charge in [-0.3, -0.25) is 4.79 Å². The van der Waals surface area contributed by atoms with Crippen LogP contribution in [0.5, 0.6) is 0 Å². The van der Waals surface area contributed by atoms with Crippen LogP contribution in [0.1, 0.15) is 62.5 Å². The second kappa shape index (κ2) is 7.94. The van der Waals surface area contributed by atoms with E-state index in [4.69, 9.17) is 9.84 Å². The van der Waals surface area contributed by atoms with Gasteiger partial charge in [0.1, 0.15) is 6.10 Å². The van der Waals surface area contributed by atoms with Gasteiger partial charge in [-0.15, -0.1) is 0 Å². The number of hydrogen-bond donors (Lipinski definition) is 1. The summed E-state index contributed by atoms with van der Waals surface area (Å²) in [6, 6.07) is 0. The molecule has 0 fully saturated rings. The molecule has 0 aliphatic carbocycles. The Labute approximate surface area is 120 Å². The molecule has 1 rings (SSSR count). The Kier molecular flexibility index (Phi) is 6.58. The largest absolute Gasteiger partial charge is 0.481 e. The van der Waals surface area contributed by atoms with Gasteiger partial charge in [0, 0.05) is 24.1 Å². The second-order valence-electron chi connectivity index (χ2n) is 4.74. The van der Waals surface area contributed by atoms with Crippen LogP contribution < -0.4 is 0 Å². The minimum Gasteiger partial charge on any atom is -0.481 e. The lowest BCUT2D eigenvalue weighted by atomic mass is 10.0. The molecule has 5 nitrogen and oxygen atoms in total. The zero-order valence-electron chi connectivity index (χ0n) is 12.8. The van der Waals surface area contributed by atoms with Crippen molar-refractivity contribution in [2.75, 3.05) is 7.11 Å². The SMILES string of the molecule is CCCC(OC)c1nc(CC)c(CC(=O)O)c(CC)n1. The zero-order chi connectivity index (χ0) is 15.1. The summed E-state index contributed by atoms with van der Waals surface area (Å²) in [5.74, 6) is -0.167. The molecule has 0 amide bonds. The van der Waals surface area contributed by atoms with Crippen molar-refractivity contribution >= 4 is 5.97 Å². The van der Waals surface area contributed by atoms with Crippen molar-refractivity contribution in [1.82, 2.24) is 9.97 Å². The maximum Gasteiger partial charge on any atom is 0.307 e. The number of carboxylic acid groups (broad SMARTS) is 1. The fourth-order valence-corrected chi connectivity index (χ4v) is 2.30. The molecule has 1 aromatic heterocycles. The number of rotatable bonds is 8. The molecule has 5 heteroatoms. The van der Waals surface area contributed by atoms with Gasteiger partial charge in [-0.2, -0.15) is 0 Å². The van der Waals surface area contributed by atoms with Crippen LogP contribution in [0.25, 0.3) is 0 Å². The third kappa shape index (κ3) is 4.00. The molecule has 0 aliphatic rings. The van der Waals surface area contributed by atoms with E-state index in [-0.39, 0.29) is 12.5 Å². The van der Waals surface area contributed by atoms with E-state index < -0.39 is 5.97 Å². The number of carboxylic acids is 1. The molecule has 112 valence electrons. The van der Waals surface area contributed by atoms with Crippen LogP contribution in [0.4, 0.5) is 0 Å². The number of methoxy groups -OCH3 is 1. The summed E-state index contributed by atoms with van der Waals surface area (Å²) >= 11 is 0. The lowest BCUT2D eigenvalue weighted by Crippen LogP contribution is -2.16. The molecule has 0 radical (unpaired) electrons. The number of ether oxygens (including phenoxy) is 1. The molecule has 20 heavy (non-hydrogen) atoms. The van der Waals surface area contributed by atoms with E-state index in [1.807, 2.05) is 13.8 Å². The monoisotopic (exact) mass is 280 g/mol. The van der Waals surface area contributed by atoms with Crippen molar-refractivity contribution in [3.05, 3.63) is 22.8 Å². The topological polar surface area (TPSA) is 72.3 Å². The van der Waals surface area contributed by atoms with Crippen LogP contribution in [0, 0.1) is 0 Å². The van der Waals surface area contributed by atoms with Crippen LogP contribution in [0.15, 0.2) is 0 Å². The number of aromatic nitrogens is 2. The quantitative estimate of drug-likeness (QED) is 0.792. The van der Waals surface area contributed by atoms with Gasteiger partial charge in [0.25, 0.3) is 0 Å². The van der Waals surface area contributed by atoms with E-state index in [0.717, 1.165) is 29.8 Å². The molecule has 1 aromatic rings. The normalized spacial score (nSPS) is 12.4. The van der Waals surface area contributed by atoms with Crippen molar-refractivity contribution in [3.8, 4) is 0 Å². The lowest BCUT2D eigenvalue weighted by molar-refractivity contribution is -0.136. The number of aryl methyl sites for hydroxylation is 2. The van der Waals surface area contributed by atoms with Gasteiger partial charge in [0.2, 0.25) is 0 Å². The highest BCUT2D eigenvalue weighted by atomic mass is 16.5. The molecule has 1 unspecified atom stereocenters. The van der Waals surface area contributed by atoms with Crippen molar-refractivity contribution < 1.29 is 14.6 Å². The van der Waals surface area contributed by atoms with E-state index >= 15 is 0 Å². The van der Waals surface area contributed by atoms with Crippen LogP contribution in [-0.2, 0) is 28.8 Å². The Morgan fingerprint density at radius 2 is 1.75 bits per heavy atom. The van der Waals surface area contributed by atoms with E-state index in [0.29, 0.717) is 18.7 Å². The van der Waals surface area contributed by atoms with Gasteiger partial charge >= 0.3 is 5.97 Å². The Morgan fingerprint density at radius 3 is 2.10 bits per heavy atom. The van der Waals surface area contributed by atoms with Gasteiger partial charge in [0.05, 0.1) is 6.42 Å². The van der Waals surface area contributed by atoms with E-state index in [2.05, 4.69) is 16.9 Å². The van der Waals surface area contributed by atoms with Gasteiger partial charge in [-0.05, 0) is 19.3 Å². The molecule has 0 saturated heterocycles. The molecule has 0 saturated carbocycles. The van der Waals surface area contributed by atoms with Crippen molar-refractivity contribution in [2.45, 2.75) is 59.0 Å². The Balaban J connectivity index is 3.27. The van der Waals surface area contributed by atoms with E-state index in [1.165, 1.54) is 0 Å². The minimum atomic E-state index is -0.845. The molecule has 0 spiro atoms. The highest BCUT2D eigenvalue weighted by molar-refractivity contribution is 5.71. The van der Waals surface area contributed by atoms with Crippen molar-refractivity contribution in [3.63, 3.8) is 0 Å². The van der Waals surface area contributed by atoms with Gasteiger partial charge in [-0.1, -0.05) is 27.2 Å². The van der Waals surface area contributed by atoms with Crippen LogP contribution >= 0.6 is 0 Å².